The summed E-state index contributed by atoms with van der Waals surface area (Å²) in [6.45, 7) is 0. The summed E-state index contributed by atoms with van der Waals surface area (Å²) in [5.74, 6) is 0. The summed E-state index contributed by atoms with van der Waals surface area (Å²) < 4.78 is 36.9. The first-order valence-corrected chi connectivity index (χ1v) is 4.83. The SMILES string of the molecule is CO/N=C/C(C#N)=C/c1ccc(C(F)(F)F)cc1. The summed E-state index contributed by atoms with van der Waals surface area (Å²) in [7, 11) is 1.32. The maximum atomic E-state index is 12.3. The molecule has 18 heavy (non-hydrogen) atoms. The maximum absolute atomic E-state index is 12.3. The molecule has 0 unspecified atom stereocenters. The van der Waals surface area contributed by atoms with Crippen LogP contribution in [-0.4, -0.2) is 13.3 Å². The van der Waals surface area contributed by atoms with Gasteiger partial charge in [-0.05, 0) is 23.8 Å². The van der Waals surface area contributed by atoms with Crippen LogP contribution in [0.2, 0.25) is 0 Å². The number of rotatable bonds is 3. The van der Waals surface area contributed by atoms with Crippen LogP contribution in [0.25, 0.3) is 6.08 Å². The van der Waals surface area contributed by atoms with Gasteiger partial charge in [-0.2, -0.15) is 18.4 Å². The lowest BCUT2D eigenvalue weighted by molar-refractivity contribution is -0.137. The number of nitrogens with zero attached hydrogens (tertiary/aromatic N) is 2. The number of nitriles is 1. The number of hydrogen-bond acceptors (Lipinski definition) is 3. The van der Waals surface area contributed by atoms with Gasteiger partial charge in [0.2, 0.25) is 0 Å². The minimum absolute atomic E-state index is 0.177. The topological polar surface area (TPSA) is 45.4 Å². The highest BCUT2D eigenvalue weighted by Crippen LogP contribution is 2.29. The monoisotopic (exact) mass is 254 g/mol. The van der Waals surface area contributed by atoms with Gasteiger partial charge in [0.1, 0.15) is 13.2 Å². The molecule has 0 N–H and O–H groups in total. The fourth-order valence-corrected chi connectivity index (χ4v) is 1.16. The molecule has 1 rings (SSSR count). The first kappa shape index (κ1) is 13.8. The molecule has 0 saturated carbocycles. The molecule has 0 aliphatic carbocycles. The molecule has 0 aliphatic heterocycles. The molecule has 0 heterocycles. The first-order valence-electron chi connectivity index (χ1n) is 4.83. The second kappa shape index (κ2) is 5.87. The average Bonchev–Trinajstić information content (AvgIpc) is 2.34. The Morgan fingerprint density at radius 1 is 1.33 bits per heavy atom. The summed E-state index contributed by atoms with van der Waals surface area (Å²) in [5.41, 5.74) is -0.0811. The Kier molecular flexibility index (Phi) is 4.49. The van der Waals surface area contributed by atoms with Gasteiger partial charge in [0.05, 0.1) is 17.4 Å². The van der Waals surface area contributed by atoms with Crippen molar-refractivity contribution in [3.63, 3.8) is 0 Å². The van der Waals surface area contributed by atoms with E-state index in [0.717, 1.165) is 12.1 Å². The van der Waals surface area contributed by atoms with Crippen molar-refractivity contribution < 1.29 is 18.0 Å². The van der Waals surface area contributed by atoms with Gasteiger partial charge in [-0.25, -0.2) is 0 Å². The second-order valence-corrected chi connectivity index (χ2v) is 3.25. The van der Waals surface area contributed by atoms with E-state index in [1.54, 1.807) is 0 Å². The Hall–Kier alpha value is -2.29. The Morgan fingerprint density at radius 3 is 2.39 bits per heavy atom. The van der Waals surface area contributed by atoms with Crippen molar-refractivity contribution in [3.05, 3.63) is 41.0 Å². The number of allylic oxidation sites excluding steroid dienone is 1. The number of hydrogen-bond donors (Lipinski definition) is 0. The number of oxime groups is 1. The summed E-state index contributed by atoms with van der Waals surface area (Å²) in [6, 6.07) is 6.30. The van der Waals surface area contributed by atoms with Crippen LogP contribution < -0.4 is 0 Å². The highest BCUT2D eigenvalue weighted by molar-refractivity contribution is 5.89. The minimum Gasteiger partial charge on any atom is -0.399 e. The highest BCUT2D eigenvalue weighted by Gasteiger charge is 2.29. The van der Waals surface area contributed by atoms with Gasteiger partial charge in [0.15, 0.2) is 0 Å². The lowest BCUT2D eigenvalue weighted by atomic mass is 10.1. The summed E-state index contributed by atoms with van der Waals surface area (Å²) in [6.07, 6.45) is -1.78. The van der Waals surface area contributed by atoms with Crippen molar-refractivity contribution in [1.82, 2.24) is 0 Å². The molecular formula is C12H9F3N2O. The van der Waals surface area contributed by atoms with Gasteiger partial charge in [-0.1, -0.05) is 17.3 Å². The predicted octanol–water partition coefficient (Wildman–Crippen LogP) is 3.24. The molecular weight excluding hydrogens is 245 g/mol. The van der Waals surface area contributed by atoms with Gasteiger partial charge in [0, 0.05) is 0 Å². The van der Waals surface area contributed by atoms with Gasteiger partial charge in [0.25, 0.3) is 0 Å². The van der Waals surface area contributed by atoms with Crippen molar-refractivity contribution in [2.45, 2.75) is 6.18 Å². The molecule has 0 fully saturated rings. The van der Waals surface area contributed by atoms with Gasteiger partial charge >= 0.3 is 6.18 Å². The molecule has 0 saturated heterocycles. The van der Waals surface area contributed by atoms with E-state index in [0.29, 0.717) is 5.56 Å². The maximum Gasteiger partial charge on any atom is 0.416 e. The molecule has 0 spiro atoms. The average molecular weight is 254 g/mol. The summed E-state index contributed by atoms with van der Waals surface area (Å²) >= 11 is 0. The number of alkyl halides is 3. The molecule has 0 atom stereocenters. The molecule has 0 aliphatic rings. The zero-order valence-corrected chi connectivity index (χ0v) is 9.40. The third-order valence-corrected chi connectivity index (χ3v) is 1.99. The normalized spacial score (nSPS) is 12.5. The van der Waals surface area contributed by atoms with E-state index in [9.17, 15) is 13.2 Å². The van der Waals surface area contributed by atoms with E-state index in [1.165, 1.54) is 31.5 Å². The van der Waals surface area contributed by atoms with Crippen molar-refractivity contribution in [2.24, 2.45) is 5.16 Å². The van der Waals surface area contributed by atoms with Crippen LogP contribution in [0.1, 0.15) is 11.1 Å². The van der Waals surface area contributed by atoms with Gasteiger partial charge in [-0.3, -0.25) is 0 Å². The van der Waals surface area contributed by atoms with Crippen LogP contribution in [-0.2, 0) is 11.0 Å². The zero-order chi connectivity index (χ0) is 13.6. The van der Waals surface area contributed by atoms with Crippen LogP contribution in [0.15, 0.2) is 35.0 Å². The van der Waals surface area contributed by atoms with E-state index in [-0.39, 0.29) is 5.57 Å². The third-order valence-electron chi connectivity index (χ3n) is 1.99. The second-order valence-electron chi connectivity index (χ2n) is 3.25. The van der Waals surface area contributed by atoms with E-state index >= 15 is 0 Å². The van der Waals surface area contributed by atoms with Crippen LogP contribution in [0.4, 0.5) is 13.2 Å². The van der Waals surface area contributed by atoms with E-state index in [4.69, 9.17) is 5.26 Å². The molecule has 1 aromatic rings. The fourth-order valence-electron chi connectivity index (χ4n) is 1.16. The Bertz CT molecular complexity index is 496. The standard InChI is InChI=1S/C12H9F3N2O/c1-18-17-8-10(7-16)6-9-2-4-11(5-3-9)12(13,14)15/h2-6,8H,1H3/b10-6+,17-8+. The summed E-state index contributed by atoms with van der Waals surface area (Å²) in [4.78, 5) is 4.40. The van der Waals surface area contributed by atoms with Crippen LogP contribution in [0.5, 0.6) is 0 Å². The smallest absolute Gasteiger partial charge is 0.399 e. The molecule has 0 aromatic heterocycles. The van der Waals surface area contributed by atoms with E-state index in [1.807, 2.05) is 6.07 Å². The van der Waals surface area contributed by atoms with Gasteiger partial charge in [-0.15, -0.1) is 0 Å². The Morgan fingerprint density at radius 2 is 1.94 bits per heavy atom. The van der Waals surface area contributed by atoms with Crippen molar-refractivity contribution >= 4 is 12.3 Å². The largest absolute Gasteiger partial charge is 0.416 e. The van der Waals surface area contributed by atoms with Gasteiger partial charge < -0.3 is 4.84 Å². The minimum atomic E-state index is -4.36. The van der Waals surface area contributed by atoms with Crippen molar-refractivity contribution in [1.29, 1.82) is 5.26 Å². The molecule has 94 valence electrons. The highest BCUT2D eigenvalue weighted by atomic mass is 19.4. The first-order chi connectivity index (χ1) is 8.47. The zero-order valence-electron chi connectivity index (χ0n) is 9.40. The Balaban J connectivity index is 2.96. The lowest BCUT2D eigenvalue weighted by Crippen LogP contribution is -2.04. The number of benzene rings is 1. The van der Waals surface area contributed by atoms with E-state index < -0.39 is 11.7 Å². The molecule has 0 radical (unpaired) electrons. The molecule has 0 amide bonds. The Labute approximate surface area is 102 Å². The molecule has 3 nitrogen and oxygen atoms in total. The summed E-state index contributed by atoms with van der Waals surface area (Å²) in [5, 5.41) is 12.2. The predicted molar refractivity (Wildman–Crippen MR) is 60.5 cm³/mol. The van der Waals surface area contributed by atoms with Crippen LogP contribution >= 0.6 is 0 Å². The quantitative estimate of drug-likeness (QED) is 0.472. The van der Waals surface area contributed by atoms with Crippen molar-refractivity contribution in [2.75, 3.05) is 7.11 Å². The number of halogens is 3. The molecule has 0 bridgehead atoms. The third kappa shape index (κ3) is 3.94. The lowest BCUT2D eigenvalue weighted by Gasteiger charge is -2.05. The van der Waals surface area contributed by atoms with Crippen molar-refractivity contribution in [3.8, 4) is 6.07 Å². The molecule has 6 heteroatoms. The fraction of sp³-hybridized carbons (Fsp3) is 0.167. The van der Waals surface area contributed by atoms with E-state index in [2.05, 4.69) is 9.99 Å². The van der Waals surface area contributed by atoms with Crippen LogP contribution in [0, 0.1) is 11.3 Å². The molecule has 1 aromatic carbocycles. The van der Waals surface area contributed by atoms with Crippen LogP contribution in [0.3, 0.4) is 0 Å².